The molecule has 1 heterocycles. The number of aliphatic hydroxyl groups excluding tert-OH is 2. The number of methoxy groups -OCH3 is 1. The molecule has 5 atom stereocenters. The fourth-order valence-corrected chi connectivity index (χ4v) is 4.37. The van der Waals surface area contributed by atoms with Gasteiger partial charge in [-0.05, 0) is 18.7 Å². The van der Waals surface area contributed by atoms with Gasteiger partial charge in [-0.15, -0.1) is 0 Å². The van der Waals surface area contributed by atoms with Crippen LogP contribution in [0.5, 0.6) is 0 Å². The van der Waals surface area contributed by atoms with Crippen LogP contribution in [0.15, 0.2) is 4.99 Å². The zero-order valence-corrected chi connectivity index (χ0v) is 24.5. The van der Waals surface area contributed by atoms with Crippen molar-refractivity contribution in [3.63, 3.8) is 0 Å². The first-order valence-corrected chi connectivity index (χ1v) is 14.0. The van der Waals surface area contributed by atoms with Gasteiger partial charge in [0.05, 0.1) is 6.61 Å². The van der Waals surface area contributed by atoms with Crippen LogP contribution in [0.4, 0.5) is 0 Å². The van der Waals surface area contributed by atoms with E-state index in [1.807, 2.05) is 0 Å². The molecule has 0 spiro atoms. The Labute approximate surface area is 233 Å². The molecule has 3 N–H and O–H groups in total. The number of aliphatic imine (C=N–C) groups is 1. The van der Waals surface area contributed by atoms with Gasteiger partial charge in [-0.25, -0.2) is 4.18 Å². The Hall–Kier alpha value is 0.180. The summed E-state index contributed by atoms with van der Waals surface area (Å²) < 4.78 is 44.8. The molecule has 1 saturated heterocycles. The minimum Gasteiger partial charge on any atom is -0.862 e. The maximum absolute atomic E-state index is 12.3. The van der Waals surface area contributed by atoms with Crippen molar-refractivity contribution >= 4 is 16.3 Å². The van der Waals surface area contributed by atoms with Gasteiger partial charge in [-0.2, -0.15) is 8.42 Å². The molecule has 1 rings (SSSR count). The zero-order valence-electron chi connectivity index (χ0n) is 21.6. The first-order chi connectivity index (χ1) is 16.2. The van der Waals surface area contributed by atoms with E-state index in [0.717, 1.165) is 19.3 Å². The summed E-state index contributed by atoms with van der Waals surface area (Å²) in [4.78, 5) is 3.95. The maximum atomic E-state index is 12.3. The molecule has 1 aliphatic heterocycles. The van der Waals surface area contributed by atoms with Crippen molar-refractivity contribution in [2.75, 3.05) is 13.7 Å². The number of aliphatic hydroxyl groups is 2. The molecule has 10 nitrogen and oxygen atoms in total. The van der Waals surface area contributed by atoms with Crippen molar-refractivity contribution in [2.24, 2.45) is 4.99 Å². The summed E-state index contributed by atoms with van der Waals surface area (Å²) >= 11 is 0. The van der Waals surface area contributed by atoms with E-state index in [-0.39, 0.29) is 36.0 Å². The Morgan fingerprint density at radius 3 is 1.86 bits per heavy atom. The van der Waals surface area contributed by atoms with E-state index in [9.17, 15) is 23.7 Å². The molecule has 1 fully saturated rings. The van der Waals surface area contributed by atoms with Crippen molar-refractivity contribution < 1.29 is 71.5 Å². The van der Waals surface area contributed by atoms with E-state index >= 15 is 0 Å². The molecule has 35 heavy (non-hydrogen) atoms. The van der Waals surface area contributed by atoms with Gasteiger partial charge in [0.2, 0.25) is 0 Å². The van der Waals surface area contributed by atoms with Crippen LogP contribution in [0.1, 0.15) is 96.8 Å². The third kappa shape index (κ3) is 15.9. The number of hydrogen-bond donors (Lipinski definition) is 3. The third-order valence-corrected chi connectivity index (χ3v) is 6.50. The Morgan fingerprint density at radius 1 is 0.914 bits per heavy atom. The molecule has 0 amide bonds. The molecule has 12 heteroatoms. The number of rotatable bonds is 19. The molecule has 0 aliphatic carbocycles. The summed E-state index contributed by atoms with van der Waals surface area (Å²) in [5.74, 6) is -0.419. The van der Waals surface area contributed by atoms with Crippen molar-refractivity contribution in [2.45, 2.75) is 127 Å². The van der Waals surface area contributed by atoms with E-state index in [0.29, 0.717) is 6.42 Å². The Morgan fingerprint density at radius 2 is 1.40 bits per heavy atom. The van der Waals surface area contributed by atoms with Gasteiger partial charge < -0.3 is 24.8 Å². The van der Waals surface area contributed by atoms with Gasteiger partial charge >= 0.3 is 40.0 Å². The fraction of sp³-hybridized carbons (Fsp3) is 0.957. The minimum absolute atomic E-state index is 0. The van der Waals surface area contributed by atoms with Crippen LogP contribution >= 0.6 is 0 Å². The topological polar surface area (TPSA) is 158 Å². The summed E-state index contributed by atoms with van der Waals surface area (Å²) in [6.07, 6.45) is 10.3. The molecule has 0 radical (unpaired) electrons. The largest absolute Gasteiger partial charge is 1.00 e. The SMILES string of the molecule is CCCCCCCCCCCCCCCC([O-])=N[C@H]1C(OC)O[C@H](COS(=O)(=O)O)[C@@H](O)[C@@H]1O.[Na+]. The molecule has 1 aliphatic rings. The second-order valence-electron chi connectivity index (χ2n) is 8.98. The molecule has 0 bridgehead atoms. The van der Waals surface area contributed by atoms with Gasteiger partial charge in [0, 0.05) is 7.11 Å². The van der Waals surface area contributed by atoms with Crippen LogP contribution in [0, 0.1) is 0 Å². The first kappa shape index (κ1) is 35.2. The zero-order chi connectivity index (χ0) is 25.4. The summed E-state index contributed by atoms with van der Waals surface area (Å²) in [5.41, 5.74) is 0. The molecule has 0 aromatic heterocycles. The summed E-state index contributed by atoms with van der Waals surface area (Å²) in [7, 11) is -3.47. The molecule has 1 unspecified atom stereocenters. The number of unbranched alkanes of at least 4 members (excludes halogenated alkanes) is 12. The minimum atomic E-state index is -4.74. The number of hydrogen-bond acceptors (Lipinski definition) is 9. The average Bonchev–Trinajstić information content (AvgIpc) is 2.79. The first-order valence-electron chi connectivity index (χ1n) is 12.6. The normalized spacial score (nSPS) is 25.4. The molecule has 0 aromatic rings. The third-order valence-electron chi connectivity index (χ3n) is 6.07. The Kier molecular flexibility index (Phi) is 20.3. The Balaban J connectivity index is 0.0000116. The van der Waals surface area contributed by atoms with Crippen LogP contribution in [-0.4, -0.2) is 73.4 Å². The average molecular weight is 534 g/mol. The molecule has 0 aromatic carbocycles. The van der Waals surface area contributed by atoms with Crippen molar-refractivity contribution in [1.29, 1.82) is 0 Å². The van der Waals surface area contributed by atoms with Crippen LogP contribution in [0.25, 0.3) is 0 Å². The van der Waals surface area contributed by atoms with Crippen LogP contribution < -0.4 is 34.7 Å². The summed E-state index contributed by atoms with van der Waals surface area (Å²) in [6, 6.07) is -1.16. The molecular weight excluding hydrogens is 489 g/mol. The van der Waals surface area contributed by atoms with Gasteiger partial charge in [0.15, 0.2) is 6.29 Å². The second-order valence-corrected chi connectivity index (χ2v) is 10.1. The standard InChI is InChI=1S/C23H45NO9S.Na/c1-3-4-5-6-7-8-9-10-11-12-13-14-15-16-19(25)24-20-22(27)21(26)18(33-23(20)31-2)17-32-34(28,29)30;/h18,20-23,26-27H,3-17H2,1-2H3,(H,24,25)(H,28,29,30);/q;+1/p-1/t18-,20-,21-,22-,23?;/m1./s1. The number of ether oxygens (including phenoxy) is 2. The predicted octanol–water partition coefficient (Wildman–Crippen LogP) is -0.488. The van der Waals surface area contributed by atoms with Gasteiger partial charge in [-0.3, -0.25) is 9.55 Å². The smallest absolute Gasteiger partial charge is 0.862 e. The van der Waals surface area contributed by atoms with E-state index < -0.39 is 53.5 Å². The van der Waals surface area contributed by atoms with Crippen molar-refractivity contribution in [3.8, 4) is 0 Å². The fourth-order valence-electron chi connectivity index (χ4n) is 4.06. The van der Waals surface area contributed by atoms with E-state index in [2.05, 4.69) is 16.1 Å². The number of nitrogens with zero attached hydrogens (tertiary/aromatic N) is 1. The monoisotopic (exact) mass is 533 g/mol. The van der Waals surface area contributed by atoms with Gasteiger partial charge in [0.25, 0.3) is 0 Å². The van der Waals surface area contributed by atoms with Crippen LogP contribution in [-0.2, 0) is 24.1 Å². The van der Waals surface area contributed by atoms with Crippen molar-refractivity contribution in [3.05, 3.63) is 0 Å². The second kappa shape index (κ2) is 20.2. The van der Waals surface area contributed by atoms with Crippen molar-refractivity contribution in [1.82, 2.24) is 0 Å². The Bertz CT molecular complexity index is 663. The maximum Gasteiger partial charge on any atom is 1.00 e. The molecular formula is C23H44NNaO9S. The van der Waals surface area contributed by atoms with E-state index in [4.69, 9.17) is 14.0 Å². The van der Waals surface area contributed by atoms with E-state index in [1.54, 1.807) is 0 Å². The molecule has 202 valence electrons. The van der Waals surface area contributed by atoms with Crippen LogP contribution in [0.2, 0.25) is 0 Å². The van der Waals surface area contributed by atoms with Crippen LogP contribution in [0.3, 0.4) is 0 Å². The predicted molar refractivity (Wildman–Crippen MR) is 127 cm³/mol. The van der Waals surface area contributed by atoms with Gasteiger partial charge in [0.1, 0.15) is 24.4 Å². The summed E-state index contributed by atoms with van der Waals surface area (Å²) in [5, 5.41) is 32.8. The quantitative estimate of drug-likeness (QED) is 0.0655. The van der Waals surface area contributed by atoms with E-state index in [1.165, 1.54) is 64.9 Å². The summed E-state index contributed by atoms with van der Waals surface area (Å²) in [6.45, 7) is 1.51. The van der Waals surface area contributed by atoms with Gasteiger partial charge in [-0.1, -0.05) is 84.0 Å². The molecule has 0 saturated carbocycles.